The van der Waals surface area contributed by atoms with Gasteiger partial charge >= 0.3 is 6.09 Å². The van der Waals surface area contributed by atoms with Crippen LogP contribution >= 0.6 is 0 Å². The molecule has 0 radical (unpaired) electrons. The molecule has 0 bridgehead atoms. The Hall–Kier alpha value is -3.45. The summed E-state index contributed by atoms with van der Waals surface area (Å²) in [6.45, 7) is 3.83. The molecule has 3 heterocycles. The number of nitrogens with zero attached hydrogens (tertiary/aromatic N) is 2. The molecule has 7 nitrogen and oxygen atoms in total. The minimum Gasteiger partial charge on any atom is -0.508 e. The average molecular weight is 376 g/mol. The SMILES string of the molecule is Cc1cc(C2(c3cccc(O)c3)NC(NC(=O)O)c3ncccc32)cc(C)n1. The standard InChI is InChI=1S/C21H20N4O3/c1-12-9-15(10-13(2)23-12)21(14-5-3-6-16(26)11-14)17-7-4-8-22-18(17)19(25-21)24-20(27)28/h3-11,19,24-26H,1-2H3,(H,27,28). The number of carbonyl (C=O) groups is 1. The van der Waals surface area contributed by atoms with Gasteiger partial charge in [0.1, 0.15) is 11.9 Å². The first-order valence-corrected chi connectivity index (χ1v) is 8.88. The molecule has 142 valence electrons. The predicted octanol–water partition coefficient (Wildman–Crippen LogP) is 2.96. The maximum atomic E-state index is 11.4. The van der Waals surface area contributed by atoms with Crippen LogP contribution in [0.1, 0.15) is 39.9 Å². The van der Waals surface area contributed by atoms with Crippen molar-refractivity contribution < 1.29 is 15.0 Å². The third-order valence-electron chi connectivity index (χ3n) is 4.94. The van der Waals surface area contributed by atoms with Crippen molar-refractivity contribution in [3.8, 4) is 5.75 Å². The van der Waals surface area contributed by atoms with Gasteiger partial charge < -0.3 is 15.5 Å². The van der Waals surface area contributed by atoms with Gasteiger partial charge in [0, 0.05) is 23.1 Å². The number of carboxylic acid groups (broad SMARTS) is 1. The largest absolute Gasteiger partial charge is 0.508 e. The molecule has 1 aliphatic rings. The molecular weight excluding hydrogens is 356 g/mol. The molecular formula is C21H20N4O3. The zero-order valence-electron chi connectivity index (χ0n) is 15.5. The normalized spacial score (nSPS) is 20.6. The van der Waals surface area contributed by atoms with Gasteiger partial charge in [0.2, 0.25) is 0 Å². The third kappa shape index (κ3) is 2.86. The molecule has 2 unspecified atom stereocenters. The number of fused-ring (bicyclic) bond motifs is 1. The first kappa shape index (κ1) is 17.9. The van der Waals surface area contributed by atoms with Crippen molar-refractivity contribution in [2.75, 3.05) is 0 Å². The van der Waals surface area contributed by atoms with Crippen LogP contribution in [0.5, 0.6) is 5.75 Å². The number of phenols is 1. The molecule has 1 amide bonds. The van der Waals surface area contributed by atoms with E-state index >= 15 is 0 Å². The van der Waals surface area contributed by atoms with E-state index in [4.69, 9.17) is 0 Å². The van der Waals surface area contributed by atoms with Gasteiger partial charge in [-0.2, -0.15) is 0 Å². The van der Waals surface area contributed by atoms with Crippen LogP contribution in [-0.2, 0) is 5.54 Å². The van der Waals surface area contributed by atoms with Crippen LogP contribution in [0.3, 0.4) is 0 Å². The Kier molecular flexibility index (Phi) is 4.24. The number of amides is 1. The molecule has 0 spiro atoms. The Morgan fingerprint density at radius 3 is 2.54 bits per heavy atom. The van der Waals surface area contributed by atoms with E-state index in [2.05, 4.69) is 20.6 Å². The lowest BCUT2D eigenvalue weighted by Crippen LogP contribution is -2.45. The zero-order chi connectivity index (χ0) is 19.9. The number of rotatable bonds is 3. The molecule has 4 rings (SSSR count). The Morgan fingerprint density at radius 1 is 1.11 bits per heavy atom. The third-order valence-corrected chi connectivity index (χ3v) is 4.94. The summed E-state index contributed by atoms with van der Waals surface area (Å²) in [5.74, 6) is 0.126. The van der Waals surface area contributed by atoms with E-state index in [1.54, 1.807) is 24.4 Å². The van der Waals surface area contributed by atoms with E-state index in [0.29, 0.717) is 5.69 Å². The summed E-state index contributed by atoms with van der Waals surface area (Å²) in [5.41, 5.74) is 3.89. The van der Waals surface area contributed by atoms with Crippen LogP contribution in [0.15, 0.2) is 54.7 Å². The van der Waals surface area contributed by atoms with Gasteiger partial charge in [0.25, 0.3) is 0 Å². The van der Waals surface area contributed by atoms with Gasteiger partial charge in [0.05, 0.1) is 11.2 Å². The Bertz CT molecular complexity index is 1050. The van der Waals surface area contributed by atoms with E-state index in [1.165, 1.54) is 0 Å². The second kappa shape index (κ2) is 6.61. The topological polar surface area (TPSA) is 107 Å². The van der Waals surface area contributed by atoms with E-state index < -0.39 is 17.8 Å². The molecule has 2 aromatic heterocycles. The summed E-state index contributed by atoms with van der Waals surface area (Å²) in [7, 11) is 0. The smallest absolute Gasteiger partial charge is 0.406 e. The maximum absolute atomic E-state index is 11.4. The number of pyridine rings is 2. The van der Waals surface area contributed by atoms with Crippen LogP contribution in [0.2, 0.25) is 0 Å². The van der Waals surface area contributed by atoms with E-state index in [-0.39, 0.29) is 5.75 Å². The molecule has 4 N–H and O–H groups in total. The summed E-state index contributed by atoms with van der Waals surface area (Å²) in [6, 6.07) is 14.6. The Labute approximate surface area is 162 Å². The van der Waals surface area contributed by atoms with Crippen molar-refractivity contribution in [1.82, 2.24) is 20.6 Å². The summed E-state index contributed by atoms with van der Waals surface area (Å²) in [5, 5.41) is 25.4. The molecule has 7 heteroatoms. The highest BCUT2D eigenvalue weighted by Gasteiger charge is 2.47. The molecule has 0 fully saturated rings. The van der Waals surface area contributed by atoms with Crippen LogP contribution in [0, 0.1) is 13.8 Å². The Balaban J connectivity index is 2.03. The van der Waals surface area contributed by atoms with Gasteiger partial charge in [0.15, 0.2) is 0 Å². The fraction of sp³-hybridized carbons (Fsp3) is 0.190. The van der Waals surface area contributed by atoms with Crippen LogP contribution in [0.4, 0.5) is 4.79 Å². The van der Waals surface area contributed by atoms with Gasteiger partial charge in [-0.3, -0.25) is 15.3 Å². The quantitative estimate of drug-likeness (QED) is 0.560. The number of benzene rings is 1. The highest BCUT2D eigenvalue weighted by Crippen LogP contribution is 2.45. The highest BCUT2D eigenvalue weighted by molar-refractivity contribution is 5.66. The highest BCUT2D eigenvalue weighted by atomic mass is 16.4. The van der Waals surface area contributed by atoms with E-state index in [0.717, 1.165) is 28.1 Å². The molecule has 0 saturated carbocycles. The lowest BCUT2D eigenvalue weighted by Gasteiger charge is -2.33. The number of phenolic OH excluding ortho intramolecular Hbond substituents is 1. The van der Waals surface area contributed by atoms with Crippen molar-refractivity contribution in [3.05, 3.63) is 88.5 Å². The second-order valence-corrected chi connectivity index (χ2v) is 6.90. The van der Waals surface area contributed by atoms with Crippen molar-refractivity contribution in [2.24, 2.45) is 0 Å². The van der Waals surface area contributed by atoms with E-state index in [1.807, 2.05) is 44.2 Å². The van der Waals surface area contributed by atoms with Gasteiger partial charge in [-0.1, -0.05) is 18.2 Å². The number of hydrogen-bond acceptors (Lipinski definition) is 5. The molecule has 1 aliphatic heterocycles. The minimum absolute atomic E-state index is 0.126. The summed E-state index contributed by atoms with van der Waals surface area (Å²) >= 11 is 0. The van der Waals surface area contributed by atoms with Gasteiger partial charge in [-0.15, -0.1) is 0 Å². The number of aromatic hydroxyl groups is 1. The monoisotopic (exact) mass is 376 g/mol. The average Bonchev–Trinajstić information content (AvgIpc) is 2.96. The molecule has 28 heavy (non-hydrogen) atoms. The van der Waals surface area contributed by atoms with Gasteiger partial charge in [-0.05, 0) is 55.3 Å². The van der Waals surface area contributed by atoms with Crippen molar-refractivity contribution in [3.63, 3.8) is 0 Å². The number of aromatic nitrogens is 2. The fourth-order valence-corrected chi connectivity index (χ4v) is 3.99. The first-order chi connectivity index (χ1) is 13.4. The molecule has 1 aromatic carbocycles. The van der Waals surface area contributed by atoms with Crippen molar-refractivity contribution >= 4 is 6.09 Å². The summed E-state index contributed by atoms with van der Waals surface area (Å²) in [6.07, 6.45) is -0.216. The fourth-order valence-electron chi connectivity index (χ4n) is 3.99. The number of nitrogens with one attached hydrogen (secondary N) is 2. The molecule has 0 saturated heterocycles. The lowest BCUT2D eigenvalue weighted by molar-refractivity contribution is 0.186. The first-order valence-electron chi connectivity index (χ1n) is 8.88. The number of aryl methyl sites for hydroxylation is 2. The lowest BCUT2D eigenvalue weighted by atomic mass is 9.78. The van der Waals surface area contributed by atoms with Gasteiger partial charge in [-0.25, -0.2) is 4.79 Å². The predicted molar refractivity (Wildman–Crippen MR) is 103 cm³/mol. The van der Waals surface area contributed by atoms with E-state index in [9.17, 15) is 15.0 Å². The second-order valence-electron chi connectivity index (χ2n) is 6.90. The van der Waals surface area contributed by atoms with Crippen LogP contribution < -0.4 is 10.6 Å². The Morgan fingerprint density at radius 2 is 1.86 bits per heavy atom. The molecule has 3 aromatic rings. The van der Waals surface area contributed by atoms with Crippen LogP contribution in [0.25, 0.3) is 0 Å². The maximum Gasteiger partial charge on any atom is 0.406 e. The minimum atomic E-state index is -1.15. The molecule has 0 aliphatic carbocycles. The van der Waals surface area contributed by atoms with Crippen molar-refractivity contribution in [1.29, 1.82) is 0 Å². The van der Waals surface area contributed by atoms with Crippen molar-refractivity contribution in [2.45, 2.75) is 25.6 Å². The number of hydrogen-bond donors (Lipinski definition) is 4. The molecule has 2 atom stereocenters. The zero-order valence-corrected chi connectivity index (χ0v) is 15.5. The van der Waals surface area contributed by atoms with Crippen LogP contribution in [-0.4, -0.2) is 26.3 Å². The summed E-state index contributed by atoms with van der Waals surface area (Å²) in [4.78, 5) is 20.3. The summed E-state index contributed by atoms with van der Waals surface area (Å²) < 4.78 is 0.